The number of Topliss-reactive ketones (excluding diaryl/α,β-unsaturated/α-hetero) is 1. The zero-order valence-corrected chi connectivity index (χ0v) is 23.3. The predicted octanol–water partition coefficient (Wildman–Crippen LogP) is 6.68. The molecule has 38 heavy (non-hydrogen) atoms. The van der Waals surface area contributed by atoms with Gasteiger partial charge < -0.3 is 10.1 Å². The van der Waals surface area contributed by atoms with Crippen molar-refractivity contribution in [1.82, 2.24) is 15.1 Å². The quantitative estimate of drug-likeness (QED) is 0.359. The van der Waals surface area contributed by atoms with Crippen molar-refractivity contribution in [2.75, 3.05) is 7.11 Å². The lowest BCUT2D eigenvalue weighted by atomic mass is 9.68. The summed E-state index contributed by atoms with van der Waals surface area (Å²) in [6, 6.07) is 15.1. The van der Waals surface area contributed by atoms with Crippen LogP contribution in [0.5, 0.6) is 0 Å². The number of allylic oxidation sites excluding steroid dienone is 3. The number of dihydropyridines is 1. The second-order valence-electron chi connectivity index (χ2n) is 10.7. The van der Waals surface area contributed by atoms with Gasteiger partial charge in [-0.25, -0.2) is 4.79 Å². The molecule has 196 valence electrons. The topological polar surface area (TPSA) is 73.2 Å². The zero-order chi connectivity index (χ0) is 27.2. The third kappa shape index (κ3) is 4.91. The molecule has 8 heteroatoms. The largest absolute Gasteiger partial charge is 0.466 e. The van der Waals surface area contributed by atoms with Gasteiger partial charge >= 0.3 is 5.97 Å². The molecule has 0 radical (unpaired) electrons. The summed E-state index contributed by atoms with van der Waals surface area (Å²) >= 11 is 12.6. The number of methoxy groups -OCH3 is 1. The first-order chi connectivity index (χ1) is 18.1. The van der Waals surface area contributed by atoms with E-state index in [1.807, 2.05) is 49.5 Å². The predicted molar refractivity (Wildman–Crippen MR) is 149 cm³/mol. The number of ketones is 1. The summed E-state index contributed by atoms with van der Waals surface area (Å²) < 4.78 is 7.02. The van der Waals surface area contributed by atoms with Crippen molar-refractivity contribution in [2.24, 2.45) is 5.41 Å². The molecule has 0 saturated carbocycles. The molecule has 0 saturated heterocycles. The molecular weight excluding hydrogens is 521 g/mol. The lowest BCUT2D eigenvalue weighted by Crippen LogP contribution is -2.38. The first-order valence-electron chi connectivity index (χ1n) is 12.5. The van der Waals surface area contributed by atoms with E-state index in [9.17, 15) is 9.59 Å². The van der Waals surface area contributed by atoms with Crippen molar-refractivity contribution in [3.63, 3.8) is 0 Å². The van der Waals surface area contributed by atoms with Crippen molar-refractivity contribution >= 4 is 35.0 Å². The number of hydrogen-bond donors (Lipinski definition) is 1. The van der Waals surface area contributed by atoms with Crippen molar-refractivity contribution in [1.29, 1.82) is 0 Å². The van der Waals surface area contributed by atoms with Crippen molar-refractivity contribution in [2.45, 2.75) is 46.1 Å². The molecular formula is C30H29Cl2N3O3. The van der Waals surface area contributed by atoms with Crippen molar-refractivity contribution < 1.29 is 14.3 Å². The van der Waals surface area contributed by atoms with Crippen LogP contribution in [0.1, 0.15) is 50.7 Å². The van der Waals surface area contributed by atoms with Gasteiger partial charge in [-0.15, -0.1) is 0 Å². The Hall–Kier alpha value is -3.35. The van der Waals surface area contributed by atoms with E-state index in [0.29, 0.717) is 52.0 Å². The maximum absolute atomic E-state index is 13.7. The average molecular weight is 550 g/mol. The van der Waals surface area contributed by atoms with E-state index in [4.69, 9.17) is 33.0 Å². The highest BCUT2D eigenvalue weighted by molar-refractivity contribution is 6.35. The first kappa shape index (κ1) is 26.3. The fourth-order valence-corrected chi connectivity index (χ4v) is 5.97. The summed E-state index contributed by atoms with van der Waals surface area (Å²) in [6.45, 7) is 6.42. The number of nitrogens with zero attached hydrogens (tertiary/aromatic N) is 2. The van der Waals surface area contributed by atoms with Gasteiger partial charge in [0, 0.05) is 50.8 Å². The number of esters is 1. The van der Waals surface area contributed by atoms with Gasteiger partial charge in [0.25, 0.3) is 0 Å². The molecule has 1 N–H and O–H groups in total. The Kier molecular flexibility index (Phi) is 6.97. The highest BCUT2D eigenvalue weighted by Crippen LogP contribution is 2.48. The maximum atomic E-state index is 13.7. The van der Waals surface area contributed by atoms with Crippen LogP contribution in [-0.2, 0) is 20.9 Å². The molecule has 1 aliphatic heterocycles. The Balaban J connectivity index is 1.72. The molecule has 1 aliphatic carbocycles. The monoisotopic (exact) mass is 549 g/mol. The number of carbonyl (C=O) groups excluding carboxylic acids is 2. The number of nitrogens with one attached hydrogen (secondary N) is 1. The van der Waals surface area contributed by atoms with Crippen LogP contribution < -0.4 is 5.32 Å². The van der Waals surface area contributed by atoms with Crippen LogP contribution in [-0.4, -0.2) is 28.6 Å². The molecule has 0 amide bonds. The van der Waals surface area contributed by atoms with Crippen LogP contribution in [0.3, 0.4) is 0 Å². The smallest absolute Gasteiger partial charge is 0.336 e. The maximum Gasteiger partial charge on any atom is 0.336 e. The average Bonchev–Trinajstić information content (AvgIpc) is 3.28. The van der Waals surface area contributed by atoms with E-state index in [1.54, 1.807) is 16.8 Å². The second-order valence-corrected chi connectivity index (χ2v) is 11.5. The number of benzene rings is 2. The van der Waals surface area contributed by atoms with E-state index < -0.39 is 11.9 Å². The van der Waals surface area contributed by atoms with Gasteiger partial charge in [0.2, 0.25) is 0 Å². The molecule has 1 aromatic heterocycles. The van der Waals surface area contributed by atoms with Gasteiger partial charge in [0.15, 0.2) is 5.78 Å². The number of carbonyl (C=O) groups is 2. The highest BCUT2D eigenvalue weighted by atomic mass is 35.5. The van der Waals surface area contributed by atoms with Gasteiger partial charge in [-0.2, -0.15) is 5.10 Å². The molecule has 1 atom stereocenters. The fraction of sp³-hybridized carbons (Fsp3) is 0.300. The van der Waals surface area contributed by atoms with Crippen molar-refractivity contribution in [3.8, 4) is 11.3 Å². The van der Waals surface area contributed by atoms with Crippen molar-refractivity contribution in [3.05, 3.63) is 98.4 Å². The molecule has 6 nitrogen and oxygen atoms in total. The number of halogens is 2. The third-order valence-electron chi connectivity index (χ3n) is 7.14. The van der Waals surface area contributed by atoms with Crippen LogP contribution in [0.2, 0.25) is 10.0 Å². The van der Waals surface area contributed by atoms with Gasteiger partial charge in [0.05, 0.1) is 30.8 Å². The summed E-state index contributed by atoms with van der Waals surface area (Å²) in [4.78, 5) is 26.9. The molecule has 1 unspecified atom stereocenters. The Labute approximate surface area is 232 Å². The second kappa shape index (κ2) is 10.1. The standard InChI is InChI=1S/C30H29Cl2N3O3/c1-17-25(29(37)38-4)26(27-23(33-17)13-30(2,3)14-24(27)36)21-16-35(15-19-10-11-20(31)12-22(19)32)34-28(21)18-8-6-5-7-9-18/h5-12,16,26,33H,13-15H2,1-4H3. The molecule has 0 fully saturated rings. The number of rotatable bonds is 5. The van der Waals surface area contributed by atoms with E-state index in [1.165, 1.54) is 7.11 Å². The molecule has 5 rings (SSSR count). The van der Waals surface area contributed by atoms with Gasteiger partial charge in [-0.3, -0.25) is 9.48 Å². The number of aromatic nitrogens is 2. The van der Waals surface area contributed by atoms with E-state index >= 15 is 0 Å². The van der Waals surface area contributed by atoms with E-state index in [0.717, 1.165) is 22.4 Å². The SMILES string of the molecule is COC(=O)C1=C(C)NC2=C(C(=O)CC(C)(C)C2)C1c1cn(Cc2ccc(Cl)cc2Cl)nc1-c1ccccc1. The Morgan fingerprint density at radius 3 is 2.58 bits per heavy atom. The third-order valence-corrected chi connectivity index (χ3v) is 7.73. The van der Waals surface area contributed by atoms with Crippen LogP contribution in [0.15, 0.2) is 77.3 Å². The Bertz CT molecular complexity index is 1500. The fourth-order valence-electron chi connectivity index (χ4n) is 5.50. The Morgan fingerprint density at radius 2 is 1.89 bits per heavy atom. The lowest BCUT2D eigenvalue weighted by Gasteiger charge is -2.39. The van der Waals surface area contributed by atoms with Crippen LogP contribution >= 0.6 is 23.2 Å². The van der Waals surface area contributed by atoms with Crippen LogP contribution in [0, 0.1) is 5.41 Å². The summed E-state index contributed by atoms with van der Waals surface area (Å²) in [5.41, 5.74) is 5.57. The number of hydrogen-bond acceptors (Lipinski definition) is 5. The zero-order valence-electron chi connectivity index (χ0n) is 21.8. The Morgan fingerprint density at radius 1 is 1.16 bits per heavy atom. The van der Waals surface area contributed by atoms with Gasteiger partial charge in [-0.1, -0.05) is 73.4 Å². The molecule has 2 heterocycles. The van der Waals surface area contributed by atoms with Crippen LogP contribution in [0.25, 0.3) is 11.3 Å². The normalized spacial score (nSPS) is 18.8. The summed E-state index contributed by atoms with van der Waals surface area (Å²) in [6.07, 6.45) is 3.01. The molecule has 0 spiro atoms. The van der Waals surface area contributed by atoms with Gasteiger partial charge in [0.1, 0.15) is 0 Å². The molecule has 3 aromatic rings. The molecule has 2 aromatic carbocycles. The number of ether oxygens (including phenoxy) is 1. The summed E-state index contributed by atoms with van der Waals surface area (Å²) in [5.74, 6) is -1.07. The minimum atomic E-state index is -0.619. The minimum absolute atomic E-state index is 0.0233. The highest BCUT2D eigenvalue weighted by Gasteiger charge is 2.44. The summed E-state index contributed by atoms with van der Waals surface area (Å²) in [7, 11) is 1.36. The van der Waals surface area contributed by atoms with Gasteiger partial charge in [-0.05, 0) is 36.5 Å². The summed E-state index contributed by atoms with van der Waals surface area (Å²) in [5, 5.41) is 9.41. The van der Waals surface area contributed by atoms with E-state index in [-0.39, 0.29) is 11.2 Å². The van der Waals surface area contributed by atoms with Crippen LogP contribution in [0.4, 0.5) is 0 Å². The lowest BCUT2D eigenvalue weighted by molar-refractivity contribution is -0.136. The molecule has 0 bridgehead atoms. The minimum Gasteiger partial charge on any atom is -0.466 e. The first-order valence-corrected chi connectivity index (χ1v) is 13.2. The van der Waals surface area contributed by atoms with E-state index in [2.05, 4.69) is 19.2 Å². The molecule has 2 aliphatic rings.